The molecule has 29 heavy (non-hydrogen) atoms. The van der Waals surface area contributed by atoms with E-state index in [1.54, 1.807) is 18.3 Å². The van der Waals surface area contributed by atoms with Crippen molar-refractivity contribution in [1.29, 1.82) is 0 Å². The molecule has 2 saturated heterocycles. The van der Waals surface area contributed by atoms with Gasteiger partial charge in [-0.3, -0.25) is 9.48 Å². The summed E-state index contributed by atoms with van der Waals surface area (Å²) in [6.07, 6.45) is 4.89. The van der Waals surface area contributed by atoms with Crippen LogP contribution in [0.4, 0.5) is 0 Å². The summed E-state index contributed by atoms with van der Waals surface area (Å²) >= 11 is 0. The maximum Gasteiger partial charge on any atom is 0.268 e. The molecule has 2 atom stereocenters. The van der Waals surface area contributed by atoms with Gasteiger partial charge >= 0.3 is 0 Å². The lowest BCUT2D eigenvalue weighted by molar-refractivity contribution is -0.205. The number of likely N-dealkylation sites (tertiary alicyclic amines) is 1. The number of piperidine rings is 1. The fraction of sp³-hybridized carbons (Fsp3) is 0.619. The molecule has 0 aliphatic carbocycles. The zero-order valence-electron chi connectivity index (χ0n) is 17.2. The summed E-state index contributed by atoms with van der Waals surface area (Å²) in [6.45, 7) is 8.03. The van der Waals surface area contributed by atoms with Gasteiger partial charge in [0, 0.05) is 44.3 Å². The number of aromatic nitrogens is 3. The Morgan fingerprint density at radius 2 is 2.14 bits per heavy atom. The predicted octanol–water partition coefficient (Wildman–Crippen LogP) is 1.32. The predicted molar refractivity (Wildman–Crippen MR) is 109 cm³/mol. The van der Waals surface area contributed by atoms with E-state index in [0.717, 1.165) is 44.7 Å². The highest BCUT2D eigenvalue weighted by Gasteiger charge is 2.53. The zero-order chi connectivity index (χ0) is 20.5. The SMILES string of the molecule is Cc1ccnn1CCN1CCC2(CC1)OCC[C@](C)(NC(=O)c1ccc[nH]1)[C@H]2O. The molecule has 2 aliphatic heterocycles. The molecule has 8 nitrogen and oxygen atoms in total. The topological polar surface area (TPSA) is 95.4 Å². The molecule has 2 aromatic heterocycles. The summed E-state index contributed by atoms with van der Waals surface area (Å²) in [7, 11) is 0. The normalized spacial score (nSPS) is 27.2. The number of nitrogens with one attached hydrogen (secondary N) is 2. The van der Waals surface area contributed by atoms with Crippen molar-refractivity contribution in [2.45, 2.75) is 56.9 Å². The number of aliphatic hydroxyl groups is 1. The van der Waals surface area contributed by atoms with Crippen LogP contribution >= 0.6 is 0 Å². The van der Waals surface area contributed by atoms with Crippen molar-refractivity contribution in [1.82, 2.24) is 25.0 Å². The molecule has 2 fully saturated rings. The Kier molecular flexibility index (Phi) is 5.50. The maximum atomic E-state index is 12.6. The highest BCUT2D eigenvalue weighted by atomic mass is 16.5. The van der Waals surface area contributed by atoms with Gasteiger partial charge in [0.1, 0.15) is 11.8 Å². The van der Waals surface area contributed by atoms with Crippen LogP contribution in [0.15, 0.2) is 30.6 Å². The lowest BCUT2D eigenvalue weighted by atomic mass is 9.73. The number of rotatable bonds is 5. The number of amides is 1. The van der Waals surface area contributed by atoms with Crippen molar-refractivity contribution in [3.8, 4) is 0 Å². The summed E-state index contributed by atoms with van der Waals surface area (Å²) < 4.78 is 8.17. The van der Waals surface area contributed by atoms with Crippen molar-refractivity contribution >= 4 is 5.91 Å². The first-order valence-electron chi connectivity index (χ1n) is 10.4. The van der Waals surface area contributed by atoms with E-state index in [0.29, 0.717) is 18.7 Å². The number of ether oxygens (including phenoxy) is 1. The van der Waals surface area contributed by atoms with Crippen molar-refractivity contribution < 1.29 is 14.6 Å². The van der Waals surface area contributed by atoms with E-state index in [1.165, 1.54) is 0 Å². The second-order valence-corrected chi connectivity index (χ2v) is 8.56. The lowest BCUT2D eigenvalue weighted by Crippen LogP contribution is -2.69. The molecule has 1 spiro atoms. The molecule has 0 bridgehead atoms. The maximum absolute atomic E-state index is 12.6. The van der Waals surface area contributed by atoms with Crippen LogP contribution in [-0.2, 0) is 11.3 Å². The average molecular weight is 402 g/mol. The third-order valence-corrected chi connectivity index (χ3v) is 6.61. The van der Waals surface area contributed by atoms with Crippen molar-refractivity contribution in [3.05, 3.63) is 42.0 Å². The van der Waals surface area contributed by atoms with E-state index in [-0.39, 0.29) is 5.91 Å². The molecule has 2 aromatic rings. The van der Waals surface area contributed by atoms with Crippen LogP contribution in [0.1, 0.15) is 42.4 Å². The van der Waals surface area contributed by atoms with Crippen LogP contribution in [0.2, 0.25) is 0 Å². The van der Waals surface area contributed by atoms with Crippen LogP contribution in [0.25, 0.3) is 0 Å². The summed E-state index contributed by atoms with van der Waals surface area (Å²) in [4.78, 5) is 17.9. The third-order valence-electron chi connectivity index (χ3n) is 6.61. The summed E-state index contributed by atoms with van der Waals surface area (Å²) in [5.74, 6) is -0.194. The van der Waals surface area contributed by atoms with E-state index in [4.69, 9.17) is 4.74 Å². The molecule has 8 heteroatoms. The zero-order valence-corrected chi connectivity index (χ0v) is 17.2. The van der Waals surface area contributed by atoms with Gasteiger partial charge in [0.05, 0.1) is 17.7 Å². The lowest BCUT2D eigenvalue weighted by Gasteiger charge is -2.53. The first kappa shape index (κ1) is 20.1. The van der Waals surface area contributed by atoms with Crippen LogP contribution in [0, 0.1) is 6.92 Å². The molecule has 0 saturated carbocycles. The first-order valence-corrected chi connectivity index (χ1v) is 10.4. The number of hydrogen-bond acceptors (Lipinski definition) is 5. The summed E-state index contributed by atoms with van der Waals surface area (Å²) in [6, 6.07) is 5.54. The number of nitrogens with zero attached hydrogens (tertiary/aromatic N) is 3. The fourth-order valence-corrected chi connectivity index (χ4v) is 4.63. The molecule has 4 heterocycles. The standard InChI is InChI=1S/C21H31N5O3/c1-16-5-10-23-26(16)14-13-25-11-6-21(7-12-25)19(28)20(2,8-15-29-21)24-18(27)17-4-3-9-22-17/h3-5,9-10,19,22,28H,6-8,11-15H2,1-2H3,(H,24,27)/t19-,20+/m1/s1. The highest BCUT2D eigenvalue weighted by molar-refractivity contribution is 5.92. The summed E-state index contributed by atoms with van der Waals surface area (Å²) in [5.41, 5.74) is 0.351. The van der Waals surface area contributed by atoms with Crippen molar-refractivity contribution in [2.75, 3.05) is 26.2 Å². The second-order valence-electron chi connectivity index (χ2n) is 8.56. The number of aliphatic hydroxyl groups excluding tert-OH is 1. The van der Waals surface area contributed by atoms with E-state index in [1.807, 2.05) is 23.9 Å². The molecular weight excluding hydrogens is 370 g/mol. The largest absolute Gasteiger partial charge is 0.388 e. The van der Waals surface area contributed by atoms with Gasteiger partial charge in [0.2, 0.25) is 0 Å². The van der Waals surface area contributed by atoms with Crippen molar-refractivity contribution in [3.63, 3.8) is 0 Å². The van der Waals surface area contributed by atoms with Gasteiger partial charge in [-0.05, 0) is 51.3 Å². The highest BCUT2D eigenvalue weighted by Crippen LogP contribution is 2.40. The number of hydrogen-bond donors (Lipinski definition) is 3. The smallest absolute Gasteiger partial charge is 0.268 e. The van der Waals surface area contributed by atoms with Gasteiger partial charge in [-0.25, -0.2) is 0 Å². The Balaban J connectivity index is 1.37. The molecule has 158 valence electrons. The Hall–Kier alpha value is -2.16. The van der Waals surface area contributed by atoms with E-state index in [9.17, 15) is 9.90 Å². The van der Waals surface area contributed by atoms with Gasteiger partial charge in [-0.1, -0.05) is 0 Å². The van der Waals surface area contributed by atoms with E-state index in [2.05, 4.69) is 27.2 Å². The molecule has 0 radical (unpaired) electrons. The Morgan fingerprint density at radius 1 is 1.34 bits per heavy atom. The van der Waals surface area contributed by atoms with Gasteiger partial charge in [0.15, 0.2) is 0 Å². The third kappa shape index (κ3) is 3.97. The monoisotopic (exact) mass is 401 g/mol. The van der Waals surface area contributed by atoms with Crippen molar-refractivity contribution in [2.24, 2.45) is 0 Å². The Bertz CT molecular complexity index is 825. The average Bonchev–Trinajstić information content (AvgIpc) is 3.38. The molecule has 3 N–H and O–H groups in total. The van der Waals surface area contributed by atoms with Crippen LogP contribution in [0.3, 0.4) is 0 Å². The number of H-pyrrole nitrogens is 1. The van der Waals surface area contributed by atoms with Gasteiger partial charge in [-0.2, -0.15) is 5.10 Å². The molecule has 4 rings (SSSR count). The minimum Gasteiger partial charge on any atom is -0.388 e. The molecule has 2 aliphatic rings. The summed E-state index contributed by atoms with van der Waals surface area (Å²) in [5, 5.41) is 18.7. The van der Waals surface area contributed by atoms with Gasteiger partial charge in [0.25, 0.3) is 5.91 Å². The Labute approximate surface area is 171 Å². The molecule has 0 unspecified atom stereocenters. The van der Waals surface area contributed by atoms with Crippen LogP contribution < -0.4 is 5.32 Å². The second kappa shape index (κ2) is 7.93. The van der Waals surface area contributed by atoms with E-state index >= 15 is 0 Å². The van der Waals surface area contributed by atoms with Crippen LogP contribution in [0.5, 0.6) is 0 Å². The van der Waals surface area contributed by atoms with Gasteiger partial charge < -0.3 is 25.0 Å². The molecular formula is C21H31N5O3. The van der Waals surface area contributed by atoms with E-state index < -0.39 is 17.2 Å². The number of aromatic amines is 1. The first-order chi connectivity index (χ1) is 13.9. The Morgan fingerprint density at radius 3 is 2.79 bits per heavy atom. The van der Waals surface area contributed by atoms with Crippen LogP contribution in [-0.4, -0.2) is 74.2 Å². The molecule has 1 amide bonds. The number of carbonyl (C=O) groups is 1. The minimum atomic E-state index is -0.752. The quantitative estimate of drug-likeness (QED) is 0.702. The number of carbonyl (C=O) groups excluding carboxylic acids is 1. The minimum absolute atomic E-state index is 0.194. The molecule has 0 aromatic carbocycles. The van der Waals surface area contributed by atoms with Gasteiger partial charge in [-0.15, -0.1) is 0 Å². The number of aryl methyl sites for hydroxylation is 1. The fourth-order valence-electron chi connectivity index (χ4n) is 4.63.